The van der Waals surface area contributed by atoms with Crippen molar-refractivity contribution in [2.75, 3.05) is 0 Å². The van der Waals surface area contributed by atoms with Crippen LogP contribution in [0, 0.1) is 0 Å². The van der Waals surface area contributed by atoms with E-state index in [9.17, 15) is 0 Å². The van der Waals surface area contributed by atoms with Crippen molar-refractivity contribution < 1.29 is 4.42 Å². The second-order valence-electron chi connectivity index (χ2n) is 15.6. The normalized spacial score (nSPS) is 11.5. The molecule has 0 amide bonds. The number of nitrogens with zero attached hydrogens (tertiary/aromatic N) is 4. The van der Waals surface area contributed by atoms with E-state index in [0.717, 1.165) is 106 Å². The van der Waals surface area contributed by atoms with E-state index in [4.69, 9.17) is 19.5 Å². The van der Waals surface area contributed by atoms with E-state index in [1.54, 1.807) is 0 Å². The van der Waals surface area contributed by atoms with Gasteiger partial charge in [-0.25, -0.2) is 14.5 Å². The molecule has 12 aromatic rings. The summed E-state index contributed by atoms with van der Waals surface area (Å²) in [4.78, 5) is 10.4. The largest absolute Gasteiger partial charge is 0.455 e. The Hall–Kier alpha value is -8.41. The Balaban J connectivity index is 0.973. The third-order valence-corrected chi connectivity index (χ3v) is 11.9. The first-order valence-corrected chi connectivity index (χ1v) is 20.9. The number of benzene rings is 8. The molecule has 5 nitrogen and oxygen atoms in total. The molecule has 0 fully saturated rings. The minimum Gasteiger partial charge on any atom is -0.455 e. The van der Waals surface area contributed by atoms with Crippen LogP contribution in [0.3, 0.4) is 0 Å². The lowest BCUT2D eigenvalue weighted by Crippen LogP contribution is -1.96. The number of hydrogen-bond acceptors (Lipinski definition) is 4. The van der Waals surface area contributed by atoms with E-state index < -0.39 is 0 Å². The highest BCUT2D eigenvalue weighted by Crippen LogP contribution is 2.42. The fraction of sp³-hybridized carbons (Fsp3) is 0. The first-order chi connectivity index (χ1) is 30.7. The maximum atomic E-state index is 6.38. The molecule has 0 saturated heterocycles. The quantitative estimate of drug-likeness (QED) is 0.161. The second kappa shape index (κ2) is 14.7. The fourth-order valence-corrected chi connectivity index (χ4v) is 8.84. The standard InChI is InChI=1S/C57H36N4O/c1-4-15-38(16-5-1)49-36-50(39-29-27-37(28-30-39)46-24-14-25-48-47-23-12-13-26-52(47)62-56(46)48)59-57(58-49)43-33-31-42(32-34-43)54-53(41-19-8-3-9-20-41)55-45-22-11-10-21-44(45)35-51(61(55)60-54)40-17-6-2-7-18-40/h1-36H. The molecule has 0 aliphatic carbocycles. The summed E-state index contributed by atoms with van der Waals surface area (Å²) in [6.45, 7) is 0. The Morgan fingerprint density at radius 3 is 1.66 bits per heavy atom. The molecule has 0 N–H and O–H groups in total. The van der Waals surface area contributed by atoms with E-state index in [1.165, 1.54) is 5.39 Å². The van der Waals surface area contributed by atoms with Crippen LogP contribution < -0.4 is 0 Å². The van der Waals surface area contributed by atoms with Gasteiger partial charge >= 0.3 is 0 Å². The number of fused-ring (bicyclic) bond motifs is 6. The van der Waals surface area contributed by atoms with Gasteiger partial charge in [-0.3, -0.25) is 0 Å². The van der Waals surface area contributed by atoms with Crippen molar-refractivity contribution in [1.29, 1.82) is 0 Å². The second-order valence-corrected chi connectivity index (χ2v) is 15.6. The van der Waals surface area contributed by atoms with Crippen LogP contribution >= 0.6 is 0 Å². The van der Waals surface area contributed by atoms with Crippen LogP contribution in [-0.2, 0) is 0 Å². The van der Waals surface area contributed by atoms with Gasteiger partial charge in [0.05, 0.1) is 22.6 Å². The van der Waals surface area contributed by atoms with Crippen LogP contribution in [-0.4, -0.2) is 19.6 Å². The van der Waals surface area contributed by atoms with E-state index in [2.05, 4.69) is 193 Å². The molecule has 0 atom stereocenters. The van der Waals surface area contributed by atoms with Crippen molar-refractivity contribution in [2.24, 2.45) is 0 Å². The monoisotopic (exact) mass is 792 g/mol. The molecule has 62 heavy (non-hydrogen) atoms. The zero-order valence-corrected chi connectivity index (χ0v) is 33.5. The summed E-state index contributed by atoms with van der Waals surface area (Å²) in [6.07, 6.45) is 0. The molecule has 4 aromatic heterocycles. The zero-order chi connectivity index (χ0) is 41.0. The van der Waals surface area contributed by atoms with Gasteiger partial charge in [0.2, 0.25) is 0 Å². The van der Waals surface area contributed by atoms with E-state index in [0.29, 0.717) is 5.82 Å². The highest BCUT2D eigenvalue weighted by Gasteiger charge is 2.22. The van der Waals surface area contributed by atoms with Gasteiger partial charge < -0.3 is 4.42 Å². The number of hydrogen-bond donors (Lipinski definition) is 0. The maximum Gasteiger partial charge on any atom is 0.160 e. The summed E-state index contributed by atoms with van der Waals surface area (Å²) in [5.41, 5.74) is 15.9. The summed E-state index contributed by atoms with van der Waals surface area (Å²) in [5.74, 6) is 0.652. The lowest BCUT2D eigenvalue weighted by atomic mass is 9.96. The predicted molar refractivity (Wildman–Crippen MR) is 254 cm³/mol. The van der Waals surface area contributed by atoms with Crippen LogP contribution in [0.4, 0.5) is 0 Å². The smallest absolute Gasteiger partial charge is 0.160 e. The number of pyridine rings is 1. The van der Waals surface area contributed by atoms with Crippen LogP contribution in [0.25, 0.3) is 117 Å². The molecular weight excluding hydrogens is 757 g/mol. The van der Waals surface area contributed by atoms with Gasteiger partial charge in [0.1, 0.15) is 16.9 Å². The molecule has 0 aliphatic heterocycles. The van der Waals surface area contributed by atoms with Crippen LogP contribution in [0.5, 0.6) is 0 Å². The summed E-state index contributed by atoms with van der Waals surface area (Å²) >= 11 is 0. The minimum atomic E-state index is 0.652. The summed E-state index contributed by atoms with van der Waals surface area (Å²) < 4.78 is 8.51. The van der Waals surface area contributed by atoms with Crippen molar-refractivity contribution in [2.45, 2.75) is 0 Å². The number of aromatic nitrogens is 4. The van der Waals surface area contributed by atoms with Gasteiger partial charge in [-0.2, -0.15) is 5.10 Å². The SMILES string of the molecule is c1ccc(-c2cc(-c3ccc(-c4cccc5c4oc4ccccc45)cc3)nc(-c3ccc(-c4nn5c(-c6ccccc6)cc6ccccc6c5c4-c4ccccc4)cc3)n2)cc1. The molecule has 4 heterocycles. The van der Waals surface area contributed by atoms with Crippen molar-refractivity contribution in [1.82, 2.24) is 19.6 Å². The maximum absolute atomic E-state index is 6.38. The van der Waals surface area contributed by atoms with Crippen LogP contribution in [0.15, 0.2) is 223 Å². The number of rotatable bonds is 7. The summed E-state index contributed by atoms with van der Waals surface area (Å²) in [5, 5.41) is 9.99. The average molecular weight is 793 g/mol. The van der Waals surface area contributed by atoms with E-state index >= 15 is 0 Å². The number of para-hydroxylation sites is 2. The first kappa shape index (κ1) is 35.5. The molecule has 0 bridgehead atoms. The van der Waals surface area contributed by atoms with Crippen LogP contribution in [0.2, 0.25) is 0 Å². The molecule has 0 radical (unpaired) electrons. The Bertz CT molecular complexity index is 3590. The van der Waals surface area contributed by atoms with E-state index in [1.807, 2.05) is 30.3 Å². The Labute approximate surface area is 357 Å². The molecule has 0 unspecified atom stereocenters. The van der Waals surface area contributed by atoms with Crippen molar-refractivity contribution in [3.8, 4) is 78.7 Å². The van der Waals surface area contributed by atoms with Gasteiger partial charge in [0.15, 0.2) is 5.82 Å². The summed E-state index contributed by atoms with van der Waals surface area (Å²) in [6, 6.07) is 76.0. The fourth-order valence-electron chi connectivity index (χ4n) is 8.84. The van der Waals surface area contributed by atoms with Gasteiger partial charge in [-0.15, -0.1) is 0 Å². The molecule has 0 spiro atoms. The Morgan fingerprint density at radius 2 is 0.935 bits per heavy atom. The summed E-state index contributed by atoms with van der Waals surface area (Å²) in [7, 11) is 0. The van der Waals surface area contributed by atoms with Gasteiger partial charge in [-0.05, 0) is 34.7 Å². The highest BCUT2D eigenvalue weighted by molar-refractivity contribution is 6.10. The Morgan fingerprint density at radius 1 is 0.387 bits per heavy atom. The van der Waals surface area contributed by atoms with Crippen LogP contribution in [0.1, 0.15) is 0 Å². The number of furan rings is 1. The highest BCUT2D eigenvalue weighted by atomic mass is 16.3. The average Bonchev–Trinajstić information content (AvgIpc) is 3.95. The third kappa shape index (κ3) is 6.06. The van der Waals surface area contributed by atoms with Crippen molar-refractivity contribution in [3.05, 3.63) is 218 Å². The topological polar surface area (TPSA) is 56.2 Å². The zero-order valence-electron chi connectivity index (χ0n) is 33.5. The van der Waals surface area contributed by atoms with Crippen molar-refractivity contribution in [3.63, 3.8) is 0 Å². The lowest BCUT2D eigenvalue weighted by Gasteiger charge is -2.11. The molecule has 0 aliphatic rings. The molecular formula is C57H36N4O. The molecule has 8 aromatic carbocycles. The molecule has 5 heteroatoms. The lowest BCUT2D eigenvalue weighted by molar-refractivity contribution is 0.670. The van der Waals surface area contributed by atoms with Gasteiger partial charge in [0, 0.05) is 55.1 Å². The molecule has 0 saturated carbocycles. The minimum absolute atomic E-state index is 0.652. The van der Waals surface area contributed by atoms with Gasteiger partial charge in [0.25, 0.3) is 0 Å². The van der Waals surface area contributed by atoms with Crippen molar-refractivity contribution >= 4 is 38.2 Å². The van der Waals surface area contributed by atoms with Gasteiger partial charge in [-0.1, -0.05) is 200 Å². The third-order valence-electron chi connectivity index (χ3n) is 11.9. The van der Waals surface area contributed by atoms with E-state index in [-0.39, 0.29) is 0 Å². The predicted octanol–water partition coefficient (Wildman–Crippen LogP) is 14.8. The molecule has 12 rings (SSSR count). The first-order valence-electron chi connectivity index (χ1n) is 20.9. The Kier molecular flexibility index (Phi) is 8.42. The molecule has 290 valence electrons.